The van der Waals surface area contributed by atoms with Crippen molar-refractivity contribution >= 4 is 10.9 Å². The fourth-order valence-electron chi connectivity index (χ4n) is 3.89. The molecule has 0 aliphatic rings. The molecule has 4 heteroatoms. The van der Waals surface area contributed by atoms with Crippen LogP contribution in [0.2, 0.25) is 0 Å². The first-order valence-electron chi connectivity index (χ1n) is 11.0. The lowest BCUT2D eigenvalue weighted by Gasteiger charge is -2.27. The van der Waals surface area contributed by atoms with Crippen molar-refractivity contribution in [3.8, 4) is 5.75 Å². The van der Waals surface area contributed by atoms with Crippen LogP contribution in [0.15, 0.2) is 91.1 Å². The van der Waals surface area contributed by atoms with Crippen molar-refractivity contribution in [1.29, 1.82) is 0 Å². The maximum atomic E-state index is 11.1. The summed E-state index contributed by atoms with van der Waals surface area (Å²) in [6.07, 6.45) is 2.91. The number of aliphatic hydroxyl groups excluding tert-OH is 1. The van der Waals surface area contributed by atoms with Crippen LogP contribution in [0.25, 0.3) is 10.9 Å². The van der Waals surface area contributed by atoms with E-state index in [-0.39, 0.29) is 6.17 Å². The summed E-state index contributed by atoms with van der Waals surface area (Å²) < 4.78 is 8.13. The number of fused-ring (bicyclic) bond motifs is 1. The average molecular weight is 415 g/mol. The largest absolute Gasteiger partial charge is 0.489 e. The second-order valence-corrected chi connectivity index (χ2v) is 7.87. The van der Waals surface area contributed by atoms with Gasteiger partial charge >= 0.3 is 0 Å². The van der Waals surface area contributed by atoms with Gasteiger partial charge in [-0.2, -0.15) is 0 Å². The van der Waals surface area contributed by atoms with Gasteiger partial charge in [-0.3, -0.25) is 5.32 Å². The van der Waals surface area contributed by atoms with Gasteiger partial charge in [0.15, 0.2) is 0 Å². The van der Waals surface area contributed by atoms with Crippen LogP contribution in [0.3, 0.4) is 0 Å². The minimum atomic E-state index is -0.543. The number of benzene rings is 3. The van der Waals surface area contributed by atoms with Gasteiger partial charge in [0, 0.05) is 23.5 Å². The van der Waals surface area contributed by atoms with Crippen molar-refractivity contribution in [2.45, 2.75) is 38.6 Å². The van der Waals surface area contributed by atoms with E-state index in [9.17, 15) is 5.11 Å². The first kappa shape index (κ1) is 21.2. The molecule has 0 spiro atoms. The molecule has 2 N–H and O–H groups in total. The molecule has 4 rings (SSSR count). The van der Waals surface area contributed by atoms with Gasteiger partial charge in [-0.1, -0.05) is 67.6 Å². The van der Waals surface area contributed by atoms with E-state index in [0.29, 0.717) is 13.0 Å². The molecule has 31 heavy (non-hydrogen) atoms. The molecule has 0 saturated heterocycles. The summed E-state index contributed by atoms with van der Waals surface area (Å²) in [5.41, 5.74) is 3.35. The van der Waals surface area contributed by atoms with E-state index >= 15 is 0 Å². The molecular formula is C27H30N2O2. The van der Waals surface area contributed by atoms with Crippen LogP contribution in [-0.2, 0) is 13.0 Å². The van der Waals surface area contributed by atoms with E-state index in [0.717, 1.165) is 40.7 Å². The van der Waals surface area contributed by atoms with E-state index in [1.807, 2.05) is 48.7 Å². The molecule has 4 nitrogen and oxygen atoms in total. The molecule has 0 fully saturated rings. The van der Waals surface area contributed by atoms with Gasteiger partial charge in [0.05, 0.1) is 6.10 Å². The van der Waals surface area contributed by atoms with E-state index in [1.165, 1.54) is 0 Å². The number of nitrogens with one attached hydrogen (secondary N) is 1. The van der Waals surface area contributed by atoms with Crippen LogP contribution in [0.5, 0.6) is 5.75 Å². The number of aromatic nitrogens is 1. The molecule has 2 unspecified atom stereocenters. The van der Waals surface area contributed by atoms with E-state index in [2.05, 4.69) is 59.3 Å². The number of ether oxygens (including phenoxy) is 1. The monoisotopic (exact) mass is 414 g/mol. The lowest BCUT2D eigenvalue weighted by atomic mass is 10.1. The van der Waals surface area contributed by atoms with Crippen LogP contribution >= 0.6 is 0 Å². The SMILES string of the molecule is CCCNC(C(O)Cc1ccccc1)n1ccc2cc(OCc3ccccc3)ccc21. The normalized spacial score (nSPS) is 13.2. The topological polar surface area (TPSA) is 46.4 Å². The molecule has 2 atom stereocenters. The van der Waals surface area contributed by atoms with Gasteiger partial charge in [-0.05, 0) is 48.4 Å². The summed E-state index contributed by atoms with van der Waals surface area (Å²) in [7, 11) is 0. The van der Waals surface area contributed by atoms with Crippen molar-refractivity contribution in [2.24, 2.45) is 0 Å². The van der Waals surface area contributed by atoms with Crippen molar-refractivity contribution in [3.05, 3.63) is 102 Å². The summed E-state index contributed by atoms with van der Waals surface area (Å²) in [4.78, 5) is 0. The van der Waals surface area contributed by atoms with Crippen molar-refractivity contribution < 1.29 is 9.84 Å². The predicted molar refractivity (Wildman–Crippen MR) is 126 cm³/mol. The maximum absolute atomic E-state index is 11.1. The van der Waals surface area contributed by atoms with Crippen LogP contribution < -0.4 is 10.1 Å². The van der Waals surface area contributed by atoms with Crippen LogP contribution in [-0.4, -0.2) is 22.3 Å². The Balaban J connectivity index is 1.53. The Morgan fingerprint density at radius 1 is 0.903 bits per heavy atom. The summed E-state index contributed by atoms with van der Waals surface area (Å²) in [6.45, 7) is 3.52. The first-order valence-corrected chi connectivity index (χ1v) is 11.0. The molecule has 4 aromatic rings. The van der Waals surface area contributed by atoms with Crippen molar-refractivity contribution in [1.82, 2.24) is 9.88 Å². The number of rotatable bonds is 10. The van der Waals surface area contributed by atoms with Crippen molar-refractivity contribution in [3.63, 3.8) is 0 Å². The summed E-state index contributed by atoms with van der Waals surface area (Å²) in [6, 6.07) is 28.5. The minimum absolute atomic E-state index is 0.200. The van der Waals surface area contributed by atoms with E-state index in [1.54, 1.807) is 0 Å². The second-order valence-electron chi connectivity index (χ2n) is 7.87. The van der Waals surface area contributed by atoms with Gasteiger partial charge in [0.25, 0.3) is 0 Å². The zero-order valence-corrected chi connectivity index (χ0v) is 17.9. The molecule has 0 aliphatic heterocycles. The van der Waals surface area contributed by atoms with E-state index in [4.69, 9.17) is 4.74 Å². The first-order chi connectivity index (χ1) is 15.2. The fourth-order valence-corrected chi connectivity index (χ4v) is 3.89. The Bertz CT molecular complexity index is 1080. The smallest absolute Gasteiger partial charge is 0.120 e. The number of hydrogen-bond acceptors (Lipinski definition) is 3. The van der Waals surface area contributed by atoms with Crippen molar-refractivity contribution in [2.75, 3.05) is 6.54 Å². The Kier molecular flexibility index (Phi) is 7.03. The highest BCUT2D eigenvalue weighted by Crippen LogP contribution is 2.26. The molecule has 0 amide bonds. The number of hydrogen-bond donors (Lipinski definition) is 2. The Morgan fingerprint density at radius 2 is 1.61 bits per heavy atom. The number of aliphatic hydroxyl groups is 1. The Morgan fingerprint density at radius 3 is 2.32 bits per heavy atom. The maximum Gasteiger partial charge on any atom is 0.120 e. The van der Waals surface area contributed by atoms with Crippen LogP contribution in [0.4, 0.5) is 0 Å². The highest BCUT2D eigenvalue weighted by atomic mass is 16.5. The third kappa shape index (κ3) is 5.35. The molecule has 0 bridgehead atoms. The molecule has 0 radical (unpaired) electrons. The molecule has 160 valence electrons. The van der Waals surface area contributed by atoms with Crippen LogP contribution in [0.1, 0.15) is 30.6 Å². The highest BCUT2D eigenvalue weighted by molar-refractivity contribution is 5.81. The quantitative estimate of drug-likeness (QED) is 0.369. The third-order valence-electron chi connectivity index (χ3n) is 5.50. The molecule has 3 aromatic carbocycles. The number of nitrogens with zero attached hydrogens (tertiary/aromatic N) is 1. The second kappa shape index (κ2) is 10.3. The Hall–Kier alpha value is -3.08. The van der Waals surface area contributed by atoms with Gasteiger partial charge < -0.3 is 14.4 Å². The predicted octanol–water partition coefficient (Wildman–Crippen LogP) is 5.32. The molecular weight excluding hydrogens is 384 g/mol. The van der Waals surface area contributed by atoms with Gasteiger partial charge in [-0.15, -0.1) is 0 Å². The van der Waals surface area contributed by atoms with Gasteiger partial charge in [-0.25, -0.2) is 0 Å². The molecule has 0 saturated carbocycles. The average Bonchev–Trinajstić information content (AvgIpc) is 3.22. The fraction of sp³-hybridized carbons (Fsp3) is 0.259. The lowest BCUT2D eigenvalue weighted by molar-refractivity contribution is 0.0959. The molecule has 0 aliphatic carbocycles. The summed E-state index contributed by atoms with van der Waals surface area (Å²) in [5.74, 6) is 0.844. The Labute approximate surface area is 184 Å². The minimum Gasteiger partial charge on any atom is -0.489 e. The zero-order valence-electron chi connectivity index (χ0n) is 17.9. The lowest BCUT2D eigenvalue weighted by Crippen LogP contribution is -2.37. The van der Waals surface area contributed by atoms with Crippen LogP contribution in [0, 0.1) is 0 Å². The molecule has 1 aromatic heterocycles. The standard InChI is InChI=1S/C27H30N2O2/c1-2-16-28-27(26(30)18-21-9-5-3-6-10-21)29-17-15-23-19-24(13-14-25(23)29)31-20-22-11-7-4-8-12-22/h3-15,17,19,26-28,30H,2,16,18,20H2,1H3. The van der Waals surface area contributed by atoms with E-state index < -0.39 is 6.10 Å². The van der Waals surface area contributed by atoms with Gasteiger partial charge in [0.2, 0.25) is 0 Å². The summed E-state index contributed by atoms with van der Waals surface area (Å²) in [5, 5.41) is 15.7. The summed E-state index contributed by atoms with van der Waals surface area (Å²) >= 11 is 0. The third-order valence-corrected chi connectivity index (χ3v) is 5.50. The molecule has 1 heterocycles. The highest BCUT2D eigenvalue weighted by Gasteiger charge is 2.22. The zero-order chi connectivity index (χ0) is 21.5. The van der Waals surface area contributed by atoms with Gasteiger partial charge in [0.1, 0.15) is 18.5 Å².